The van der Waals surface area contributed by atoms with E-state index in [0.29, 0.717) is 12.5 Å². The first-order valence-electron chi connectivity index (χ1n) is 7.84. The van der Waals surface area contributed by atoms with Crippen molar-refractivity contribution in [3.05, 3.63) is 29.8 Å². The Balaban J connectivity index is 2.74. The molecule has 0 bridgehead atoms. The quantitative estimate of drug-likeness (QED) is 0.592. The second kappa shape index (κ2) is 9.71. The summed E-state index contributed by atoms with van der Waals surface area (Å²) in [5.41, 5.74) is 1.05. The Morgan fingerprint density at radius 2 is 2.13 bits per heavy atom. The maximum atomic E-state index is 11.7. The average Bonchev–Trinajstić information content (AvgIpc) is 2.56. The summed E-state index contributed by atoms with van der Waals surface area (Å²) >= 11 is 0. The van der Waals surface area contributed by atoms with Gasteiger partial charge in [-0.1, -0.05) is 19.1 Å². The molecule has 0 fully saturated rings. The normalized spacial score (nSPS) is 12.5. The monoisotopic (exact) mass is 320 g/mol. The smallest absolute Gasteiger partial charge is 0.241 e. The second-order valence-electron chi connectivity index (χ2n) is 5.61. The number of benzene rings is 1. The summed E-state index contributed by atoms with van der Waals surface area (Å²) in [6, 6.07) is 8.07. The molecule has 0 radical (unpaired) electrons. The molecule has 1 atom stereocenters. The number of carbonyl (C=O) groups excluding carboxylic acids is 1. The van der Waals surface area contributed by atoms with Gasteiger partial charge in [0.2, 0.25) is 5.91 Å². The number of guanidine groups is 1. The fourth-order valence-electron chi connectivity index (χ4n) is 1.75. The van der Waals surface area contributed by atoms with Crippen molar-refractivity contribution in [2.24, 2.45) is 4.99 Å². The molecule has 6 heteroatoms. The minimum absolute atomic E-state index is 0.00466. The van der Waals surface area contributed by atoms with E-state index in [1.54, 1.807) is 26.1 Å². The average molecular weight is 320 g/mol. The molecule has 0 saturated heterocycles. The molecule has 1 aromatic carbocycles. The van der Waals surface area contributed by atoms with E-state index in [0.717, 1.165) is 17.7 Å². The molecule has 0 heterocycles. The number of ether oxygens (including phenoxy) is 1. The van der Waals surface area contributed by atoms with Crippen molar-refractivity contribution in [1.82, 2.24) is 15.5 Å². The lowest BCUT2D eigenvalue weighted by atomic mass is 10.2. The van der Waals surface area contributed by atoms with Crippen molar-refractivity contribution < 1.29 is 9.53 Å². The Morgan fingerprint density at radius 1 is 1.39 bits per heavy atom. The maximum absolute atomic E-state index is 11.7. The van der Waals surface area contributed by atoms with Gasteiger partial charge in [0.15, 0.2) is 5.96 Å². The van der Waals surface area contributed by atoms with Crippen molar-refractivity contribution in [1.29, 1.82) is 0 Å². The molecule has 23 heavy (non-hydrogen) atoms. The van der Waals surface area contributed by atoms with E-state index in [2.05, 4.69) is 29.5 Å². The van der Waals surface area contributed by atoms with Crippen LogP contribution in [0, 0.1) is 0 Å². The standard InChI is InChI=1S/C17H28N4O2/c1-6-13(2)20-17(19-12-16(22)21(3)4)18-11-14-8-7-9-15(10-14)23-5/h7-10,13H,6,11-12H2,1-5H3,(H2,18,19,20). The van der Waals surface area contributed by atoms with E-state index in [4.69, 9.17) is 4.74 Å². The molecular formula is C17H28N4O2. The van der Waals surface area contributed by atoms with Crippen LogP contribution in [0.1, 0.15) is 25.8 Å². The highest BCUT2D eigenvalue weighted by Gasteiger charge is 2.08. The number of aliphatic imine (C=N–C) groups is 1. The first kappa shape index (κ1) is 18.8. The Labute approximate surface area is 138 Å². The highest BCUT2D eigenvalue weighted by Crippen LogP contribution is 2.13. The Hall–Kier alpha value is -2.24. The highest BCUT2D eigenvalue weighted by atomic mass is 16.5. The molecule has 0 aromatic heterocycles. The summed E-state index contributed by atoms with van der Waals surface area (Å²) in [7, 11) is 5.12. The zero-order valence-electron chi connectivity index (χ0n) is 14.7. The number of methoxy groups -OCH3 is 1. The minimum Gasteiger partial charge on any atom is -0.497 e. The van der Waals surface area contributed by atoms with Crippen molar-refractivity contribution >= 4 is 11.9 Å². The van der Waals surface area contributed by atoms with Crippen LogP contribution in [0.3, 0.4) is 0 Å². The molecule has 0 saturated carbocycles. The second-order valence-corrected chi connectivity index (χ2v) is 5.61. The number of likely N-dealkylation sites (N-methyl/N-ethyl adjacent to an activating group) is 1. The molecule has 0 aliphatic carbocycles. The van der Waals surface area contributed by atoms with Crippen LogP contribution in [0.2, 0.25) is 0 Å². The molecule has 128 valence electrons. The van der Waals surface area contributed by atoms with Crippen LogP contribution in [0.15, 0.2) is 29.3 Å². The van der Waals surface area contributed by atoms with E-state index >= 15 is 0 Å². The summed E-state index contributed by atoms with van der Waals surface area (Å²) in [6.45, 7) is 4.91. The van der Waals surface area contributed by atoms with Crippen LogP contribution in [0.5, 0.6) is 5.75 Å². The van der Waals surface area contributed by atoms with Crippen molar-refractivity contribution in [3.63, 3.8) is 0 Å². The lowest BCUT2D eigenvalue weighted by Crippen LogP contribution is -2.45. The number of rotatable bonds is 7. The third kappa shape index (κ3) is 7.04. The number of carbonyl (C=O) groups is 1. The number of nitrogens with one attached hydrogen (secondary N) is 2. The van der Waals surface area contributed by atoms with Gasteiger partial charge in [-0.3, -0.25) is 4.79 Å². The van der Waals surface area contributed by atoms with Gasteiger partial charge in [0.05, 0.1) is 20.2 Å². The lowest BCUT2D eigenvalue weighted by molar-refractivity contribution is -0.127. The number of nitrogens with zero attached hydrogens (tertiary/aromatic N) is 2. The largest absolute Gasteiger partial charge is 0.497 e. The molecule has 0 aliphatic heterocycles. The first-order chi connectivity index (χ1) is 11.0. The van der Waals surface area contributed by atoms with Gasteiger partial charge in [-0.2, -0.15) is 0 Å². The number of hydrogen-bond donors (Lipinski definition) is 2. The summed E-state index contributed by atoms with van der Waals surface area (Å²) < 4.78 is 5.22. The van der Waals surface area contributed by atoms with E-state index in [-0.39, 0.29) is 18.5 Å². The maximum Gasteiger partial charge on any atom is 0.241 e. The van der Waals surface area contributed by atoms with Gasteiger partial charge in [-0.15, -0.1) is 0 Å². The molecule has 2 N–H and O–H groups in total. The zero-order chi connectivity index (χ0) is 17.2. The third-order valence-electron chi connectivity index (χ3n) is 3.46. The number of amides is 1. The predicted molar refractivity (Wildman–Crippen MR) is 93.7 cm³/mol. The Morgan fingerprint density at radius 3 is 2.74 bits per heavy atom. The molecule has 1 rings (SSSR count). The predicted octanol–water partition coefficient (Wildman–Crippen LogP) is 1.62. The Kier molecular flexibility index (Phi) is 7.94. The number of hydrogen-bond acceptors (Lipinski definition) is 3. The molecule has 1 amide bonds. The molecule has 0 spiro atoms. The summed E-state index contributed by atoms with van der Waals surface area (Å²) in [5, 5.41) is 6.38. The SMILES string of the molecule is CCC(C)NC(=NCc1cccc(OC)c1)NCC(=O)N(C)C. The molecule has 6 nitrogen and oxygen atoms in total. The van der Waals surface area contributed by atoms with Crippen molar-refractivity contribution in [3.8, 4) is 5.75 Å². The van der Waals surface area contributed by atoms with Crippen molar-refractivity contribution in [2.75, 3.05) is 27.7 Å². The molecule has 1 aromatic rings. The fourth-order valence-corrected chi connectivity index (χ4v) is 1.75. The van der Waals surface area contributed by atoms with Crippen LogP contribution < -0.4 is 15.4 Å². The molecular weight excluding hydrogens is 292 g/mol. The molecule has 1 unspecified atom stereocenters. The van der Waals surface area contributed by atoms with Crippen LogP contribution in [-0.4, -0.2) is 50.6 Å². The fraction of sp³-hybridized carbons (Fsp3) is 0.529. The van der Waals surface area contributed by atoms with Gasteiger partial charge in [-0.05, 0) is 31.0 Å². The van der Waals surface area contributed by atoms with Crippen LogP contribution in [0.25, 0.3) is 0 Å². The zero-order valence-corrected chi connectivity index (χ0v) is 14.7. The van der Waals surface area contributed by atoms with E-state index in [9.17, 15) is 4.79 Å². The van der Waals surface area contributed by atoms with Crippen LogP contribution >= 0.6 is 0 Å². The first-order valence-corrected chi connectivity index (χ1v) is 7.84. The van der Waals surface area contributed by atoms with Gasteiger partial charge in [0.1, 0.15) is 5.75 Å². The topological polar surface area (TPSA) is 66.0 Å². The van der Waals surface area contributed by atoms with Gasteiger partial charge in [-0.25, -0.2) is 4.99 Å². The summed E-state index contributed by atoms with van der Waals surface area (Å²) in [4.78, 5) is 17.8. The van der Waals surface area contributed by atoms with E-state index in [1.165, 1.54) is 0 Å². The van der Waals surface area contributed by atoms with Crippen LogP contribution in [-0.2, 0) is 11.3 Å². The minimum atomic E-state index is 0.00466. The Bertz CT molecular complexity index is 529. The highest BCUT2D eigenvalue weighted by molar-refractivity contribution is 5.86. The van der Waals surface area contributed by atoms with Gasteiger partial charge in [0.25, 0.3) is 0 Å². The lowest BCUT2D eigenvalue weighted by Gasteiger charge is -2.18. The third-order valence-corrected chi connectivity index (χ3v) is 3.46. The van der Waals surface area contributed by atoms with E-state index in [1.807, 2.05) is 24.3 Å². The molecule has 0 aliphatic rings. The van der Waals surface area contributed by atoms with Crippen LogP contribution in [0.4, 0.5) is 0 Å². The summed E-state index contributed by atoms with van der Waals surface area (Å²) in [6.07, 6.45) is 0.974. The van der Waals surface area contributed by atoms with Gasteiger partial charge in [0, 0.05) is 20.1 Å². The van der Waals surface area contributed by atoms with Gasteiger partial charge >= 0.3 is 0 Å². The van der Waals surface area contributed by atoms with Crippen molar-refractivity contribution in [2.45, 2.75) is 32.9 Å². The van der Waals surface area contributed by atoms with E-state index < -0.39 is 0 Å². The summed E-state index contributed by atoms with van der Waals surface area (Å²) in [5.74, 6) is 1.45. The van der Waals surface area contributed by atoms with Gasteiger partial charge < -0.3 is 20.3 Å².